The van der Waals surface area contributed by atoms with Gasteiger partial charge in [-0.1, -0.05) is 0 Å². The lowest BCUT2D eigenvalue weighted by Crippen LogP contribution is -2.55. The van der Waals surface area contributed by atoms with Crippen molar-refractivity contribution >= 4 is 29.4 Å². The molecule has 4 nitrogen and oxygen atoms in total. The van der Waals surface area contributed by atoms with E-state index in [1.807, 2.05) is 11.9 Å². The fourth-order valence-corrected chi connectivity index (χ4v) is 5.77. The molecule has 3 rings (SSSR count). The average Bonchev–Trinajstić information content (AvgIpc) is 2.64. The Kier molecular flexibility index (Phi) is 4.31. The Balaban J connectivity index is 1.61. The van der Waals surface area contributed by atoms with E-state index in [0.717, 1.165) is 26.1 Å². The van der Waals surface area contributed by atoms with Gasteiger partial charge in [0.25, 0.3) is 0 Å². The molecule has 3 heterocycles. The molecule has 1 amide bonds. The predicted molar refractivity (Wildman–Crippen MR) is 80.9 cm³/mol. The standard InChI is InChI=1S/C13H22N2O2S2/c1-14-9-13(17-6-12(14)16)2-3-15(10-13)11-7-18-4-5-19-8-11/h11H,2-10H2,1H3. The minimum atomic E-state index is -0.0930. The van der Waals surface area contributed by atoms with Gasteiger partial charge < -0.3 is 9.64 Å². The first-order chi connectivity index (χ1) is 9.19. The summed E-state index contributed by atoms with van der Waals surface area (Å²) in [5, 5.41) is 0. The summed E-state index contributed by atoms with van der Waals surface area (Å²) >= 11 is 4.16. The van der Waals surface area contributed by atoms with E-state index >= 15 is 0 Å². The number of thioether (sulfide) groups is 2. The molecule has 0 bridgehead atoms. The van der Waals surface area contributed by atoms with Crippen molar-refractivity contribution < 1.29 is 9.53 Å². The van der Waals surface area contributed by atoms with E-state index in [9.17, 15) is 4.79 Å². The molecule has 3 aliphatic heterocycles. The van der Waals surface area contributed by atoms with Gasteiger partial charge in [-0.2, -0.15) is 23.5 Å². The second-order valence-corrected chi connectivity index (χ2v) is 8.05. The van der Waals surface area contributed by atoms with Crippen molar-refractivity contribution in [3.05, 3.63) is 0 Å². The Morgan fingerprint density at radius 3 is 2.68 bits per heavy atom. The lowest BCUT2D eigenvalue weighted by Gasteiger charge is -2.39. The molecule has 3 aliphatic rings. The first-order valence-corrected chi connectivity index (χ1v) is 9.27. The number of hydrogen-bond acceptors (Lipinski definition) is 5. The first kappa shape index (κ1) is 14.0. The van der Waals surface area contributed by atoms with Gasteiger partial charge in [0.05, 0.1) is 6.54 Å². The van der Waals surface area contributed by atoms with E-state index in [-0.39, 0.29) is 18.1 Å². The molecule has 0 radical (unpaired) electrons. The summed E-state index contributed by atoms with van der Waals surface area (Å²) in [4.78, 5) is 16.0. The number of likely N-dealkylation sites (N-methyl/N-ethyl adjacent to an activating group) is 1. The summed E-state index contributed by atoms with van der Waals surface area (Å²) in [6.07, 6.45) is 1.07. The Morgan fingerprint density at radius 1 is 1.26 bits per heavy atom. The smallest absolute Gasteiger partial charge is 0.248 e. The average molecular weight is 302 g/mol. The third-order valence-electron chi connectivity index (χ3n) is 4.31. The summed E-state index contributed by atoms with van der Waals surface area (Å²) in [5.41, 5.74) is -0.0930. The molecule has 0 aliphatic carbocycles. The molecule has 0 saturated carbocycles. The van der Waals surface area contributed by atoms with Crippen LogP contribution in [0.5, 0.6) is 0 Å². The van der Waals surface area contributed by atoms with Gasteiger partial charge in [-0.3, -0.25) is 9.69 Å². The minimum Gasteiger partial charge on any atom is -0.362 e. The van der Waals surface area contributed by atoms with Gasteiger partial charge in [-0.25, -0.2) is 0 Å². The van der Waals surface area contributed by atoms with Gasteiger partial charge in [0, 0.05) is 49.2 Å². The fraction of sp³-hybridized carbons (Fsp3) is 0.923. The zero-order chi connectivity index (χ0) is 13.3. The van der Waals surface area contributed by atoms with Crippen molar-refractivity contribution in [1.29, 1.82) is 0 Å². The SMILES string of the molecule is CN1CC2(CCN(C3CSCCSC3)C2)OCC1=O. The second kappa shape index (κ2) is 5.84. The molecular formula is C13H22N2O2S2. The number of nitrogens with zero attached hydrogens (tertiary/aromatic N) is 2. The van der Waals surface area contributed by atoms with Gasteiger partial charge in [0.15, 0.2) is 0 Å². The molecule has 108 valence electrons. The lowest BCUT2D eigenvalue weighted by atomic mass is 10.0. The van der Waals surface area contributed by atoms with Crippen molar-refractivity contribution in [3.8, 4) is 0 Å². The van der Waals surface area contributed by atoms with E-state index in [1.165, 1.54) is 23.0 Å². The van der Waals surface area contributed by atoms with Crippen LogP contribution in [0.25, 0.3) is 0 Å². The van der Waals surface area contributed by atoms with Crippen molar-refractivity contribution in [2.45, 2.75) is 18.1 Å². The van der Waals surface area contributed by atoms with Crippen molar-refractivity contribution in [3.63, 3.8) is 0 Å². The lowest BCUT2D eigenvalue weighted by molar-refractivity contribution is -0.159. The molecule has 3 fully saturated rings. The number of likely N-dealkylation sites (tertiary alicyclic amines) is 1. The maximum absolute atomic E-state index is 11.5. The van der Waals surface area contributed by atoms with Crippen molar-refractivity contribution in [1.82, 2.24) is 9.80 Å². The fourth-order valence-electron chi connectivity index (χ4n) is 3.14. The maximum Gasteiger partial charge on any atom is 0.248 e. The maximum atomic E-state index is 11.5. The van der Waals surface area contributed by atoms with Crippen LogP contribution in [0, 0.1) is 0 Å². The predicted octanol–water partition coefficient (Wildman–Crippen LogP) is 0.768. The summed E-state index contributed by atoms with van der Waals surface area (Å²) in [7, 11) is 1.90. The van der Waals surface area contributed by atoms with E-state index < -0.39 is 0 Å². The van der Waals surface area contributed by atoms with Crippen LogP contribution in [0.1, 0.15) is 6.42 Å². The van der Waals surface area contributed by atoms with E-state index in [0.29, 0.717) is 6.04 Å². The molecule has 0 aromatic heterocycles. The van der Waals surface area contributed by atoms with Crippen LogP contribution in [-0.2, 0) is 9.53 Å². The monoisotopic (exact) mass is 302 g/mol. The quantitative estimate of drug-likeness (QED) is 0.714. The molecule has 0 aromatic carbocycles. The summed E-state index contributed by atoms with van der Waals surface area (Å²) < 4.78 is 5.91. The number of ether oxygens (including phenoxy) is 1. The van der Waals surface area contributed by atoms with Gasteiger partial charge >= 0.3 is 0 Å². The highest BCUT2D eigenvalue weighted by molar-refractivity contribution is 8.03. The van der Waals surface area contributed by atoms with E-state index in [2.05, 4.69) is 28.4 Å². The van der Waals surface area contributed by atoms with Gasteiger partial charge in [-0.15, -0.1) is 0 Å². The third-order valence-corrected chi connectivity index (χ3v) is 6.79. The van der Waals surface area contributed by atoms with Gasteiger partial charge in [0.2, 0.25) is 5.91 Å². The summed E-state index contributed by atoms with van der Waals surface area (Å²) in [6, 6.07) is 0.684. The van der Waals surface area contributed by atoms with Crippen molar-refractivity contribution in [2.75, 3.05) is 56.3 Å². The Morgan fingerprint density at radius 2 is 2.00 bits per heavy atom. The zero-order valence-electron chi connectivity index (χ0n) is 11.5. The van der Waals surface area contributed by atoms with Crippen LogP contribution in [-0.4, -0.2) is 83.7 Å². The molecule has 19 heavy (non-hydrogen) atoms. The highest BCUT2D eigenvalue weighted by atomic mass is 32.2. The highest BCUT2D eigenvalue weighted by Crippen LogP contribution is 2.32. The number of carbonyl (C=O) groups is 1. The van der Waals surface area contributed by atoms with Crippen LogP contribution >= 0.6 is 23.5 Å². The topological polar surface area (TPSA) is 32.8 Å². The Labute approximate surface area is 123 Å². The number of morpholine rings is 1. The van der Waals surface area contributed by atoms with Crippen LogP contribution in [0.3, 0.4) is 0 Å². The zero-order valence-corrected chi connectivity index (χ0v) is 13.1. The number of hydrogen-bond donors (Lipinski definition) is 0. The number of rotatable bonds is 1. The van der Waals surface area contributed by atoms with Crippen LogP contribution in [0.4, 0.5) is 0 Å². The Hall–Kier alpha value is 0.0900. The van der Waals surface area contributed by atoms with Crippen LogP contribution < -0.4 is 0 Å². The van der Waals surface area contributed by atoms with Crippen LogP contribution in [0.2, 0.25) is 0 Å². The first-order valence-electron chi connectivity index (χ1n) is 6.96. The largest absolute Gasteiger partial charge is 0.362 e. The normalized spacial score (nSPS) is 35.0. The minimum absolute atomic E-state index is 0.0930. The molecule has 1 spiro atoms. The molecule has 3 saturated heterocycles. The highest BCUT2D eigenvalue weighted by Gasteiger charge is 2.45. The number of amides is 1. The van der Waals surface area contributed by atoms with Crippen molar-refractivity contribution in [2.24, 2.45) is 0 Å². The van der Waals surface area contributed by atoms with Gasteiger partial charge in [-0.05, 0) is 6.42 Å². The van der Waals surface area contributed by atoms with Gasteiger partial charge in [0.1, 0.15) is 12.2 Å². The molecule has 0 aromatic rings. The second-order valence-electron chi connectivity index (χ2n) is 5.75. The molecule has 6 heteroatoms. The summed E-state index contributed by atoms with van der Waals surface area (Å²) in [6.45, 7) is 3.14. The molecule has 0 N–H and O–H groups in total. The molecule has 1 unspecified atom stereocenters. The Bertz CT molecular complexity index is 348. The van der Waals surface area contributed by atoms with E-state index in [1.54, 1.807) is 0 Å². The molecular weight excluding hydrogens is 280 g/mol. The third kappa shape index (κ3) is 3.06. The van der Waals surface area contributed by atoms with E-state index in [4.69, 9.17) is 4.74 Å². The summed E-state index contributed by atoms with van der Waals surface area (Å²) in [5.74, 6) is 5.18. The van der Waals surface area contributed by atoms with Crippen LogP contribution in [0.15, 0.2) is 0 Å². The molecule has 1 atom stereocenters. The number of carbonyl (C=O) groups excluding carboxylic acids is 1.